The number of hydrogen-bond acceptors (Lipinski definition) is 5. The van der Waals surface area contributed by atoms with E-state index in [0.29, 0.717) is 11.6 Å². The second kappa shape index (κ2) is 9.81. The number of hydrogen-bond donors (Lipinski definition) is 3. The lowest BCUT2D eigenvalue weighted by Crippen LogP contribution is -2.14. The van der Waals surface area contributed by atoms with E-state index in [1.54, 1.807) is 18.3 Å². The molecule has 7 heteroatoms. The van der Waals surface area contributed by atoms with Gasteiger partial charge in [-0.15, -0.1) is 0 Å². The molecule has 0 atom stereocenters. The zero-order valence-corrected chi connectivity index (χ0v) is 19.2. The first-order chi connectivity index (χ1) is 16.7. The maximum Gasteiger partial charge on any atom is 0.335 e. The van der Waals surface area contributed by atoms with Crippen molar-refractivity contribution in [3.63, 3.8) is 0 Å². The van der Waals surface area contributed by atoms with Crippen LogP contribution in [0.1, 0.15) is 61.3 Å². The summed E-state index contributed by atoms with van der Waals surface area (Å²) in [7, 11) is 0. The van der Waals surface area contributed by atoms with Gasteiger partial charge in [0, 0.05) is 42.0 Å². The molecule has 1 fully saturated rings. The molecule has 4 aromatic rings. The van der Waals surface area contributed by atoms with Crippen LogP contribution in [0.5, 0.6) is 0 Å². The minimum absolute atomic E-state index is 0.198. The Bertz CT molecular complexity index is 1320. The van der Waals surface area contributed by atoms with Crippen molar-refractivity contribution in [2.24, 2.45) is 0 Å². The molecule has 176 valence electrons. The van der Waals surface area contributed by atoms with E-state index in [1.807, 2.05) is 18.2 Å². The minimum Gasteiger partial charge on any atom is -0.478 e. The highest BCUT2D eigenvalue weighted by molar-refractivity contribution is 5.96. The van der Waals surface area contributed by atoms with Crippen molar-refractivity contribution in [3.8, 4) is 11.4 Å². The number of nitrogens with zero attached hydrogens (tertiary/aromatic N) is 3. The number of aromatic carboxylic acids is 1. The van der Waals surface area contributed by atoms with Gasteiger partial charge in [0.25, 0.3) is 0 Å². The van der Waals surface area contributed by atoms with Crippen LogP contribution in [-0.4, -0.2) is 43.9 Å². The molecule has 0 radical (unpaired) electrons. The molecular formula is C27H30N4O3. The maximum atomic E-state index is 11.6. The van der Waals surface area contributed by atoms with E-state index >= 15 is 0 Å². The quantitative estimate of drug-likeness (QED) is 0.296. The Morgan fingerprint density at radius 1 is 1.03 bits per heavy atom. The molecule has 7 nitrogen and oxygen atoms in total. The second-order valence-corrected chi connectivity index (χ2v) is 9.05. The van der Waals surface area contributed by atoms with Gasteiger partial charge < -0.3 is 20.1 Å². The molecule has 0 unspecified atom stereocenters. The van der Waals surface area contributed by atoms with Crippen molar-refractivity contribution in [2.75, 3.05) is 18.5 Å². The number of carbonyl (C=O) groups is 1. The predicted molar refractivity (Wildman–Crippen MR) is 134 cm³/mol. The lowest BCUT2D eigenvalue weighted by Gasteiger charge is -2.25. The predicted octanol–water partition coefficient (Wildman–Crippen LogP) is 5.64. The number of imidazole rings is 1. The molecular weight excluding hydrogens is 428 g/mol. The number of unbranched alkanes of at least 4 members (excludes halogenated alkanes) is 1. The first-order valence-electron chi connectivity index (χ1n) is 12.1. The van der Waals surface area contributed by atoms with Gasteiger partial charge in [0.1, 0.15) is 5.82 Å². The highest BCUT2D eigenvalue weighted by Gasteiger charge is 2.23. The van der Waals surface area contributed by atoms with E-state index in [9.17, 15) is 9.90 Å². The van der Waals surface area contributed by atoms with Crippen LogP contribution < -0.4 is 5.32 Å². The second-order valence-electron chi connectivity index (χ2n) is 9.05. The Morgan fingerprint density at radius 2 is 1.88 bits per heavy atom. The van der Waals surface area contributed by atoms with E-state index in [0.717, 1.165) is 65.7 Å². The Labute approximate surface area is 198 Å². The molecule has 1 aliphatic carbocycles. The summed E-state index contributed by atoms with van der Waals surface area (Å²) in [5, 5.41) is 23.0. The minimum atomic E-state index is -0.940. The maximum absolute atomic E-state index is 11.6. The third-order valence-corrected chi connectivity index (χ3v) is 6.78. The van der Waals surface area contributed by atoms with Gasteiger partial charge in [-0.3, -0.25) is 4.98 Å². The Morgan fingerprint density at radius 3 is 2.68 bits per heavy atom. The summed E-state index contributed by atoms with van der Waals surface area (Å²) >= 11 is 0. The van der Waals surface area contributed by atoms with Crippen molar-refractivity contribution in [2.45, 2.75) is 51.0 Å². The van der Waals surface area contributed by atoms with Crippen molar-refractivity contribution >= 4 is 33.6 Å². The average molecular weight is 459 g/mol. The van der Waals surface area contributed by atoms with Crippen LogP contribution in [0.15, 0.2) is 48.7 Å². The third-order valence-electron chi connectivity index (χ3n) is 6.78. The average Bonchev–Trinajstić information content (AvgIpc) is 3.25. The number of rotatable bonds is 8. The molecule has 0 amide bonds. The van der Waals surface area contributed by atoms with Gasteiger partial charge in [-0.1, -0.05) is 19.3 Å². The van der Waals surface area contributed by atoms with Crippen molar-refractivity contribution in [1.29, 1.82) is 0 Å². The molecule has 0 spiro atoms. The summed E-state index contributed by atoms with van der Waals surface area (Å²) in [6, 6.07) is 13.8. The number of aliphatic hydroxyl groups excluding tert-OH is 1. The van der Waals surface area contributed by atoms with Gasteiger partial charge in [0.15, 0.2) is 0 Å². The lowest BCUT2D eigenvalue weighted by atomic mass is 9.94. The molecule has 0 aliphatic heterocycles. The van der Waals surface area contributed by atoms with Crippen LogP contribution in [0, 0.1) is 0 Å². The number of fused-ring (bicyclic) bond motifs is 2. The monoisotopic (exact) mass is 458 g/mol. The van der Waals surface area contributed by atoms with Crippen LogP contribution in [0.3, 0.4) is 0 Å². The number of aromatic nitrogens is 3. The summed E-state index contributed by atoms with van der Waals surface area (Å²) in [5.74, 6) is -0.0641. The number of carboxylic acids is 1. The van der Waals surface area contributed by atoms with Crippen LogP contribution in [0.2, 0.25) is 0 Å². The zero-order chi connectivity index (χ0) is 23.5. The van der Waals surface area contributed by atoms with Gasteiger partial charge in [0.05, 0.1) is 22.1 Å². The molecule has 0 bridgehead atoms. The fourth-order valence-corrected chi connectivity index (χ4v) is 5.04. The van der Waals surface area contributed by atoms with E-state index < -0.39 is 5.97 Å². The number of nitrogens with one attached hydrogen (secondary N) is 1. The molecule has 1 aliphatic rings. The number of benzene rings is 2. The highest BCUT2D eigenvalue weighted by Crippen LogP contribution is 2.37. The number of aliphatic hydroxyl groups is 1. The molecule has 0 saturated heterocycles. The van der Waals surface area contributed by atoms with E-state index in [-0.39, 0.29) is 12.2 Å². The van der Waals surface area contributed by atoms with Crippen LogP contribution >= 0.6 is 0 Å². The summed E-state index contributed by atoms with van der Waals surface area (Å²) in [5.41, 5.74) is 4.87. The van der Waals surface area contributed by atoms with E-state index in [2.05, 4.69) is 27.0 Å². The van der Waals surface area contributed by atoms with Gasteiger partial charge in [-0.05, 0) is 68.1 Å². The Balaban J connectivity index is 1.62. The standard InChI is InChI=1S/C27H30N4O3/c32-15-5-4-13-28-23-12-14-29-22-10-8-18(16-21(22)23)26-30-24-17-19(27(33)34)9-11-25(24)31(26)20-6-2-1-3-7-20/h8-12,14,16-17,20,32H,1-7,13,15H2,(H,28,29)(H,33,34). The molecule has 3 N–H and O–H groups in total. The van der Waals surface area contributed by atoms with Crippen molar-refractivity contribution in [1.82, 2.24) is 14.5 Å². The van der Waals surface area contributed by atoms with Crippen molar-refractivity contribution in [3.05, 3.63) is 54.2 Å². The van der Waals surface area contributed by atoms with Gasteiger partial charge in [-0.25, -0.2) is 9.78 Å². The molecule has 2 aromatic heterocycles. The van der Waals surface area contributed by atoms with Gasteiger partial charge in [-0.2, -0.15) is 0 Å². The summed E-state index contributed by atoms with van der Waals surface area (Å²) in [6.45, 7) is 0.979. The smallest absolute Gasteiger partial charge is 0.335 e. The molecule has 1 saturated carbocycles. The number of anilines is 1. The molecule has 5 rings (SSSR count). The van der Waals surface area contributed by atoms with Crippen LogP contribution in [-0.2, 0) is 0 Å². The van der Waals surface area contributed by atoms with Gasteiger partial charge in [0.2, 0.25) is 0 Å². The largest absolute Gasteiger partial charge is 0.478 e. The molecule has 2 heterocycles. The van der Waals surface area contributed by atoms with Crippen molar-refractivity contribution < 1.29 is 15.0 Å². The third kappa shape index (κ3) is 4.35. The number of pyridine rings is 1. The molecule has 2 aromatic carbocycles. The van der Waals surface area contributed by atoms with E-state index in [4.69, 9.17) is 10.1 Å². The van der Waals surface area contributed by atoms with Crippen LogP contribution in [0.25, 0.3) is 33.3 Å². The highest BCUT2D eigenvalue weighted by atomic mass is 16.4. The number of carboxylic acid groups (broad SMARTS) is 1. The SMILES string of the molecule is O=C(O)c1ccc2c(c1)nc(-c1ccc3nccc(NCCCCO)c3c1)n2C1CCCCC1. The first kappa shape index (κ1) is 22.3. The van der Waals surface area contributed by atoms with Crippen LogP contribution in [0.4, 0.5) is 5.69 Å². The molecule has 34 heavy (non-hydrogen) atoms. The topological polar surface area (TPSA) is 100 Å². The summed E-state index contributed by atoms with van der Waals surface area (Å²) in [6.07, 6.45) is 9.32. The summed E-state index contributed by atoms with van der Waals surface area (Å²) in [4.78, 5) is 21.0. The normalized spacial score (nSPS) is 14.6. The first-order valence-corrected chi connectivity index (χ1v) is 12.1. The zero-order valence-electron chi connectivity index (χ0n) is 19.2. The summed E-state index contributed by atoms with van der Waals surface area (Å²) < 4.78 is 2.33. The van der Waals surface area contributed by atoms with Gasteiger partial charge >= 0.3 is 5.97 Å². The fourth-order valence-electron chi connectivity index (χ4n) is 5.04. The Kier molecular flexibility index (Phi) is 6.45. The van der Waals surface area contributed by atoms with E-state index in [1.165, 1.54) is 19.3 Å². The Hall–Kier alpha value is -3.45. The fraction of sp³-hybridized carbons (Fsp3) is 0.370. The lowest BCUT2D eigenvalue weighted by molar-refractivity contribution is 0.0697.